The molecule has 0 aliphatic rings. The Hall–Kier alpha value is -1.88. The first-order valence-electron chi connectivity index (χ1n) is 7.51. The third-order valence-corrected chi connectivity index (χ3v) is 3.96. The van der Waals surface area contributed by atoms with E-state index in [9.17, 15) is 4.79 Å². The maximum absolute atomic E-state index is 11.6. The van der Waals surface area contributed by atoms with Gasteiger partial charge in [0.2, 0.25) is 5.91 Å². The van der Waals surface area contributed by atoms with Gasteiger partial charge in [0.05, 0.1) is 22.9 Å². The van der Waals surface area contributed by atoms with E-state index in [1.165, 1.54) is 0 Å². The number of aromatic nitrogens is 2. The van der Waals surface area contributed by atoms with Gasteiger partial charge in [0.1, 0.15) is 0 Å². The molecule has 0 bridgehead atoms. The molecule has 1 heterocycles. The van der Waals surface area contributed by atoms with Crippen LogP contribution in [0.4, 0.5) is 0 Å². The maximum atomic E-state index is 11.6. The Kier molecular flexibility index (Phi) is 4.96. The summed E-state index contributed by atoms with van der Waals surface area (Å²) in [4.78, 5) is 15.9. The maximum Gasteiger partial charge on any atom is 0.237 e. The van der Waals surface area contributed by atoms with E-state index in [0.717, 1.165) is 43.4 Å². The number of para-hydroxylation sites is 2. The largest absolute Gasteiger partial charge is 0.368 e. The van der Waals surface area contributed by atoms with Crippen LogP contribution in [0.5, 0.6) is 0 Å². The molecule has 2 rings (SSSR count). The fraction of sp³-hybridized carbons (Fsp3) is 0.500. The highest BCUT2D eigenvalue weighted by atomic mass is 16.1. The van der Waals surface area contributed by atoms with Crippen LogP contribution in [0.3, 0.4) is 0 Å². The van der Waals surface area contributed by atoms with Crippen molar-refractivity contribution >= 4 is 16.9 Å². The highest BCUT2D eigenvalue weighted by Crippen LogP contribution is 2.16. The lowest BCUT2D eigenvalue weighted by atomic mass is 9.94. The second-order valence-corrected chi connectivity index (χ2v) is 5.61. The molecule has 0 fully saturated rings. The lowest BCUT2D eigenvalue weighted by Crippen LogP contribution is -2.52. The van der Waals surface area contributed by atoms with Crippen molar-refractivity contribution in [2.45, 2.75) is 45.2 Å². The van der Waals surface area contributed by atoms with Crippen LogP contribution in [-0.2, 0) is 11.3 Å². The van der Waals surface area contributed by atoms with Crippen LogP contribution < -0.4 is 11.1 Å². The molecule has 0 aliphatic heterocycles. The van der Waals surface area contributed by atoms with E-state index < -0.39 is 5.54 Å². The SMILES string of the molecule is CCNC(C)(CCCCn1cnc2ccccc21)C(N)=O. The minimum atomic E-state index is -0.605. The molecule has 2 aromatic rings. The third-order valence-electron chi connectivity index (χ3n) is 3.96. The molecular formula is C16H24N4O. The van der Waals surface area contributed by atoms with Gasteiger partial charge in [-0.1, -0.05) is 19.1 Å². The number of fused-ring (bicyclic) bond motifs is 1. The van der Waals surface area contributed by atoms with Crippen molar-refractivity contribution in [1.82, 2.24) is 14.9 Å². The van der Waals surface area contributed by atoms with Gasteiger partial charge in [-0.05, 0) is 44.9 Å². The van der Waals surface area contributed by atoms with E-state index in [-0.39, 0.29) is 5.91 Å². The number of carbonyl (C=O) groups excluding carboxylic acids is 1. The number of unbranched alkanes of at least 4 members (excludes halogenated alkanes) is 1. The first kappa shape index (κ1) is 15.5. The summed E-state index contributed by atoms with van der Waals surface area (Å²) in [5, 5.41) is 3.19. The zero-order valence-corrected chi connectivity index (χ0v) is 12.8. The normalized spacial score (nSPS) is 14.2. The number of benzene rings is 1. The van der Waals surface area contributed by atoms with Gasteiger partial charge < -0.3 is 15.6 Å². The summed E-state index contributed by atoms with van der Waals surface area (Å²) in [6, 6.07) is 8.11. The monoisotopic (exact) mass is 288 g/mol. The topological polar surface area (TPSA) is 72.9 Å². The number of hydrogen-bond acceptors (Lipinski definition) is 3. The van der Waals surface area contributed by atoms with Gasteiger partial charge in [-0.25, -0.2) is 4.98 Å². The van der Waals surface area contributed by atoms with Crippen molar-refractivity contribution < 1.29 is 4.79 Å². The van der Waals surface area contributed by atoms with Crippen LogP contribution in [-0.4, -0.2) is 27.5 Å². The van der Waals surface area contributed by atoms with Gasteiger partial charge in [-0.3, -0.25) is 4.79 Å². The number of nitrogens with two attached hydrogens (primary N) is 1. The van der Waals surface area contributed by atoms with Crippen LogP contribution in [0, 0.1) is 0 Å². The molecule has 1 amide bonds. The van der Waals surface area contributed by atoms with Crippen LogP contribution in [0.2, 0.25) is 0 Å². The van der Waals surface area contributed by atoms with Crippen LogP contribution >= 0.6 is 0 Å². The molecule has 0 aliphatic carbocycles. The molecule has 5 heteroatoms. The van der Waals surface area contributed by atoms with Crippen molar-refractivity contribution in [2.75, 3.05) is 6.54 Å². The standard InChI is InChI=1S/C16H24N4O/c1-3-19-16(2,15(17)21)10-6-7-11-20-12-18-13-8-4-5-9-14(13)20/h4-5,8-9,12,19H,3,6-7,10-11H2,1-2H3,(H2,17,21). The first-order valence-corrected chi connectivity index (χ1v) is 7.51. The molecule has 1 aromatic heterocycles. The Labute approximate surface area is 125 Å². The fourth-order valence-corrected chi connectivity index (χ4v) is 2.64. The number of primary amides is 1. The smallest absolute Gasteiger partial charge is 0.237 e. The Morgan fingerprint density at radius 2 is 2.14 bits per heavy atom. The van der Waals surface area contributed by atoms with Crippen LogP contribution in [0.15, 0.2) is 30.6 Å². The predicted molar refractivity (Wildman–Crippen MR) is 84.9 cm³/mol. The van der Waals surface area contributed by atoms with E-state index in [1.807, 2.05) is 38.4 Å². The summed E-state index contributed by atoms with van der Waals surface area (Å²) in [5.74, 6) is -0.280. The molecule has 0 spiro atoms. The number of nitrogens with zero attached hydrogens (tertiary/aromatic N) is 2. The lowest BCUT2D eigenvalue weighted by Gasteiger charge is -2.26. The summed E-state index contributed by atoms with van der Waals surface area (Å²) in [6.07, 6.45) is 4.57. The van der Waals surface area contributed by atoms with Gasteiger partial charge >= 0.3 is 0 Å². The molecule has 0 saturated carbocycles. The molecule has 1 aromatic carbocycles. The Bertz CT molecular complexity index is 607. The van der Waals surface area contributed by atoms with Gasteiger partial charge in [-0.2, -0.15) is 0 Å². The molecule has 3 N–H and O–H groups in total. The lowest BCUT2D eigenvalue weighted by molar-refractivity contribution is -0.124. The average molecular weight is 288 g/mol. The van der Waals surface area contributed by atoms with Crippen molar-refractivity contribution in [3.63, 3.8) is 0 Å². The highest BCUT2D eigenvalue weighted by Gasteiger charge is 2.28. The minimum absolute atomic E-state index is 0.280. The van der Waals surface area contributed by atoms with E-state index in [2.05, 4.69) is 20.9 Å². The summed E-state index contributed by atoms with van der Waals surface area (Å²) in [5.41, 5.74) is 7.06. The second-order valence-electron chi connectivity index (χ2n) is 5.61. The van der Waals surface area contributed by atoms with E-state index >= 15 is 0 Å². The number of aryl methyl sites for hydroxylation is 1. The molecule has 21 heavy (non-hydrogen) atoms. The molecule has 114 valence electrons. The van der Waals surface area contributed by atoms with Crippen molar-refractivity contribution in [2.24, 2.45) is 5.73 Å². The number of hydrogen-bond donors (Lipinski definition) is 2. The minimum Gasteiger partial charge on any atom is -0.368 e. The van der Waals surface area contributed by atoms with E-state index in [0.29, 0.717) is 0 Å². The summed E-state index contributed by atoms with van der Waals surface area (Å²) in [7, 11) is 0. The van der Waals surface area contributed by atoms with Gasteiger partial charge in [0.25, 0.3) is 0 Å². The van der Waals surface area contributed by atoms with Crippen LogP contribution in [0.25, 0.3) is 11.0 Å². The fourth-order valence-electron chi connectivity index (χ4n) is 2.64. The highest BCUT2D eigenvalue weighted by molar-refractivity contribution is 5.84. The van der Waals surface area contributed by atoms with Crippen molar-refractivity contribution in [3.8, 4) is 0 Å². The Morgan fingerprint density at radius 3 is 2.86 bits per heavy atom. The predicted octanol–water partition coefficient (Wildman–Crippen LogP) is 2.06. The average Bonchev–Trinajstić information content (AvgIpc) is 2.87. The molecule has 0 saturated heterocycles. The van der Waals surface area contributed by atoms with Crippen molar-refractivity contribution in [1.29, 1.82) is 0 Å². The second kappa shape index (κ2) is 6.72. The quantitative estimate of drug-likeness (QED) is 0.730. The summed E-state index contributed by atoms with van der Waals surface area (Å²) in [6.45, 7) is 5.51. The number of carbonyl (C=O) groups is 1. The number of rotatable bonds is 8. The van der Waals surface area contributed by atoms with Gasteiger partial charge in [-0.15, -0.1) is 0 Å². The Morgan fingerprint density at radius 1 is 1.38 bits per heavy atom. The molecule has 0 radical (unpaired) electrons. The zero-order chi connectivity index (χ0) is 15.3. The molecule has 5 nitrogen and oxygen atoms in total. The number of imidazole rings is 1. The molecule has 1 atom stereocenters. The van der Waals surface area contributed by atoms with Gasteiger partial charge in [0.15, 0.2) is 0 Å². The van der Waals surface area contributed by atoms with E-state index in [1.54, 1.807) is 0 Å². The summed E-state index contributed by atoms with van der Waals surface area (Å²) < 4.78 is 2.16. The van der Waals surface area contributed by atoms with Gasteiger partial charge in [0, 0.05) is 6.54 Å². The number of likely N-dealkylation sites (N-methyl/N-ethyl adjacent to an activating group) is 1. The number of nitrogens with one attached hydrogen (secondary N) is 1. The summed E-state index contributed by atoms with van der Waals surface area (Å²) >= 11 is 0. The molecule has 1 unspecified atom stereocenters. The molecular weight excluding hydrogens is 264 g/mol. The van der Waals surface area contributed by atoms with E-state index in [4.69, 9.17) is 5.73 Å². The number of amides is 1. The first-order chi connectivity index (χ1) is 10.1. The Balaban J connectivity index is 1.88. The third kappa shape index (κ3) is 3.61. The zero-order valence-electron chi connectivity index (χ0n) is 12.8. The van der Waals surface area contributed by atoms with Crippen LogP contribution in [0.1, 0.15) is 33.1 Å². The van der Waals surface area contributed by atoms with Crippen molar-refractivity contribution in [3.05, 3.63) is 30.6 Å².